The van der Waals surface area contributed by atoms with Gasteiger partial charge in [0.1, 0.15) is 0 Å². The van der Waals surface area contributed by atoms with Crippen LogP contribution >= 0.6 is 0 Å². The van der Waals surface area contributed by atoms with Crippen molar-refractivity contribution >= 4 is 5.91 Å². The van der Waals surface area contributed by atoms with Crippen LogP contribution in [0.15, 0.2) is 0 Å². The molecule has 1 fully saturated rings. The van der Waals surface area contributed by atoms with Gasteiger partial charge in [-0.1, -0.05) is 0 Å². The van der Waals surface area contributed by atoms with E-state index in [4.69, 9.17) is 10.5 Å². The quantitative estimate of drug-likeness (QED) is 0.629. The molecule has 3 N–H and O–H groups in total. The molecule has 1 atom stereocenters. The molecule has 1 rings (SSSR count). The number of hydrogen-bond donors (Lipinski definition) is 2. The van der Waals surface area contributed by atoms with Crippen LogP contribution in [0.3, 0.4) is 0 Å². The van der Waals surface area contributed by atoms with Crippen LogP contribution in [0, 0.1) is 5.41 Å². The number of carbonyl (C=O) groups excluding carboxylic acids is 1. The Labute approximate surface area is 78.8 Å². The standard InChI is InChI=1S/C9H18N2O2/c1-7(5-13-2)11-8(12)9(6-10)3-4-9/h7H,3-6,10H2,1-2H3,(H,11,12). The summed E-state index contributed by atoms with van der Waals surface area (Å²) in [5, 5.41) is 2.89. The predicted molar refractivity (Wildman–Crippen MR) is 50.2 cm³/mol. The average molecular weight is 186 g/mol. The van der Waals surface area contributed by atoms with Crippen molar-refractivity contribution in [2.24, 2.45) is 11.1 Å². The second-order valence-electron chi connectivity index (χ2n) is 3.81. The van der Waals surface area contributed by atoms with E-state index in [0.29, 0.717) is 13.2 Å². The number of nitrogens with two attached hydrogens (primary N) is 1. The Morgan fingerprint density at radius 1 is 1.69 bits per heavy atom. The van der Waals surface area contributed by atoms with Crippen molar-refractivity contribution in [2.75, 3.05) is 20.3 Å². The Morgan fingerprint density at radius 2 is 2.31 bits per heavy atom. The van der Waals surface area contributed by atoms with Gasteiger partial charge in [0.15, 0.2) is 0 Å². The smallest absolute Gasteiger partial charge is 0.227 e. The van der Waals surface area contributed by atoms with E-state index < -0.39 is 0 Å². The number of rotatable bonds is 5. The van der Waals surface area contributed by atoms with Gasteiger partial charge in [-0.3, -0.25) is 4.79 Å². The van der Waals surface area contributed by atoms with E-state index >= 15 is 0 Å². The third-order valence-electron chi connectivity index (χ3n) is 2.52. The summed E-state index contributed by atoms with van der Waals surface area (Å²) < 4.78 is 4.93. The molecule has 13 heavy (non-hydrogen) atoms. The van der Waals surface area contributed by atoms with Gasteiger partial charge in [-0.15, -0.1) is 0 Å². The first-order valence-corrected chi connectivity index (χ1v) is 4.64. The summed E-state index contributed by atoms with van der Waals surface area (Å²) in [6, 6.07) is 0.0709. The maximum atomic E-state index is 11.6. The van der Waals surface area contributed by atoms with Crippen LogP contribution in [-0.4, -0.2) is 32.2 Å². The van der Waals surface area contributed by atoms with E-state index in [1.807, 2.05) is 6.92 Å². The topological polar surface area (TPSA) is 64.3 Å². The molecule has 0 aliphatic heterocycles. The molecule has 1 aliphatic rings. The van der Waals surface area contributed by atoms with E-state index in [2.05, 4.69) is 5.32 Å². The fourth-order valence-corrected chi connectivity index (χ4v) is 1.34. The van der Waals surface area contributed by atoms with Crippen molar-refractivity contribution in [2.45, 2.75) is 25.8 Å². The van der Waals surface area contributed by atoms with Gasteiger partial charge in [0.05, 0.1) is 12.0 Å². The summed E-state index contributed by atoms with van der Waals surface area (Å²) in [7, 11) is 1.62. The molecule has 76 valence electrons. The van der Waals surface area contributed by atoms with E-state index in [1.165, 1.54) is 0 Å². The number of methoxy groups -OCH3 is 1. The SMILES string of the molecule is COCC(C)NC(=O)C1(CN)CC1. The van der Waals surface area contributed by atoms with Gasteiger partial charge < -0.3 is 15.8 Å². The molecule has 4 heteroatoms. The molecule has 4 nitrogen and oxygen atoms in total. The van der Waals surface area contributed by atoms with Crippen molar-refractivity contribution in [1.29, 1.82) is 0 Å². The zero-order valence-electron chi connectivity index (χ0n) is 8.30. The lowest BCUT2D eigenvalue weighted by molar-refractivity contribution is -0.126. The molecule has 0 saturated heterocycles. The summed E-state index contributed by atoms with van der Waals surface area (Å²) in [6.45, 7) is 2.93. The van der Waals surface area contributed by atoms with Gasteiger partial charge in [-0.2, -0.15) is 0 Å². The Bertz CT molecular complexity index is 190. The molecule has 0 bridgehead atoms. The van der Waals surface area contributed by atoms with Crippen molar-refractivity contribution in [3.8, 4) is 0 Å². The Kier molecular flexibility index (Phi) is 3.27. The first-order valence-electron chi connectivity index (χ1n) is 4.64. The monoisotopic (exact) mass is 186 g/mol. The highest BCUT2D eigenvalue weighted by Gasteiger charge is 2.48. The molecular formula is C9H18N2O2. The van der Waals surface area contributed by atoms with Crippen LogP contribution in [0.5, 0.6) is 0 Å². The summed E-state index contributed by atoms with van der Waals surface area (Å²) in [4.78, 5) is 11.6. The highest BCUT2D eigenvalue weighted by atomic mass is 16.5. The summed E-state index contributed by atoms with van der Waals surface area (Å²) in [5.74, 6) is 0.0829. The van der Waals surface area contributed by atoms with Crippen molar-refractivity contribution in [1.82, 2.24) is 5.32 Å². The van der Waals surface area contributed by atoms with Crippen LogP contribution < -0.4 is 11.1 Å². The van der Waals surface area contributed by atoms with Crippen molar-refractivity contribution in [3.63, 3.8) is 0 Å². The van der Waals surface area contributed by atoms with Gasteiger partial charge in [0, 0.05) is 19.7 Å². The number of ether oxygens (including phenoxy) is 1. The predicted octanol–water partition coefficient (Wildman–Crippen LogP) is -0.124. The highest BCUT2D eigenvalue weighted by Crippen LogP contribution is 2.44. The Hall–Kier alpha value is -0.610. The molecule has 0 aromatic carbocycles. The minimum Gasteiger partial charge on any atom is -0.383 e. The molecule has 1 saturated carbocycles. The number of carbonyl (C=O) groups is 1. The maximum absolute atomic E-state index is 11.6. The fraction of sp³-hybridized carbons (Fsp3) is 0.889. The van der Waals surface area contributed by atoms with Crippen LogP contribution in [0.4, 0.5) is 0 Å². The first-order chi connectivity index (χ1) is 6.14. The molecule has 0 spiro atoms. The molecule has 1 unspecified atom stereocenters. The normalized spacial score (nSPS) is 20.8. The molecule has 1 amide bonds. The van der Waals surface area contributed by atoms with E-state index in [9.17, 15) is 4.79 Å². The number of hydrogen-bond acceptors (Lipinski definition) is 3. The molecule has 0 radical (unpaired) electrons. The second kappa shape index (κ2) is 4.07. The third-order valence-corrected chi connectivity index (χ3v) is 2.52. The number of amides is 1. The maximum Gasteiger partial charge on any atom is 0.227 e. The zero-order chi connectivity index (χ0) is 9.90. The molecular weight excluding hydrogens is 168 g/mol. The Morgan fingerprint density at radius 3 is 2.69 bits per heavy atom. The van der Waals surface area contributed by atoms with Gasteiger partial charge in [-0.25, -0.2) is 0 Å². The fourth-order valence-electron chi connectivity index (χ4n) is 1.34. The highest BCUT2D eigenvalue weighted by molar-refractivity contribution is 5.85. The lowest BCUT2D eigenvalue weighted by atomic mass is 10.1. The van der Waals surface area contributed by atoms with Crippen molar-refractivity contribution < 1.29 is 9.53 Å². The van der Waals surface area contributed by atoms with Crippen molar-refractivity contribution in [3.05, 3.63) is 0 Å². The van der Waals surface area contributed by atoms with E-state index in [0.717, 1.165) is 12.8 Å². The lowest BCUT2D eigenvalue weighted by Gasteiger charge is -2.17. The molecule has 0 heterocycles. The first kappa shape index (κ1) is 10.5. The molecule has 0 aromatic rings. The van der Waals surface area contributed by atoms with Gasteiger partial charge in [0.2, 0.25) is 5.91 Å². The van der Waals surface area contributed by atoms with Crippen LogP contribution in [-0.2, 0) is 9.53 Å². The zero-order valence-corrected chi connectivity index (χ0v) is 8.30. The summed E-state index contributed by atoms with van der Waals surface area (Å²) in [5.41, 5.74) is 5.28. The van der Waals surface area contributed by atoms with Gasteiger partial charge in [0.25, 0.3) is 0 Å². The number of nitrogens with one attached hydrogen (secondary N) is 1. The third kappa shape index (κ3) is 2.42. The lowest BCUT2D eigenvalue weighted by Crippen LogP contribution is -2.42. The van der Waals surface area contributed by atoms with E-state index in [1.54, 1.807) is 7.11 Å². The Balaban J connectivity index is 2.32. The summed E-state index contributed by atoms with van der Waals surface area (Å²) >= 11 is 0. The minimum absolute atomic E-state index is 0.0709. The second-order valence-corrected chi connectivity index (χ2v) is 3.81. The van der Waals surface area contributed by atoms with Gasteiger partial charge >= 0.3 is 0 Å². The average Bonchev–Trinajstić information content (AvgIpc) is 2.84. The largest absolute Gasteiger partial charge is 0.383 e. The van der Waals surface area contributed by atoms with Crippen LogP contribution in [0.1, 0.15) is 19.8 Å². The van der Waals surface area contributed by atoms with Crippen LogP contribution in [0.25, 0.3) is 0 Å². The molecule has 0 aromatic heterocycles. The van der Waals surface area contributed by atoms with Crippen LogP contribution in [0.2, 0.25) is 0 Å². The minimum atomic E-state index is -0.248. The van der Waals surface area contributed by atoms with E-state index in [-0.39, 0.29) is 17.4 Å². The molecule has 1 aliphatic carbocycles. The van der Waals surface area contributed by atoms with Gasteiger partial charge in [-0.05, 0) is 19.8 Å². The summed E-state index contributed by atoms with van der Waals surface area (Å²) in [6.07, 6.45) is 1.85.